The Morgan fingerprint density at radius 2 is 1.67 bits per heavy atom. The monoisotopic (exact) mass is 625 g/mol. The van der Waals surface area contributed by atoms with Crippen LogP contribution < -0.4 is 15.6 Å². The molecule has 0 unspecified atom stereocenters. The summed E-state index contributed by atoms with van der Waals surface area (Å²) in [6.07, 6.45) is 0.648. The smallest absolute Gasteiger partial charge is 0.410 e. The highest BCUT2D eigenvalue weighted by Gasteiger charge is 2.56. The van der Waals surface area contributed by atoms with E-state index in [1.54, 1.807) is 30.5 Å². The number of benzene rings is 3. The quantitative estimate of drug-likeness (QED) is 0.224. The number of anilines is 2. The maximum Gasteiger partial charge on any atom is 0.410 e. The first kappa shape index (κ1) is 29.3. The van der Waals surface area contributed by atoms with Gasteiger partial charge in [-0.25, -0.2) is 4.79 Å². The van der Waals surface area contributed by atoms with E-state index in [2.05, 4.69) is 17.4 Å². The highest BCUT2D eigenvalue weighted by Crippen LogP contribution is 2.45. The van der Waals surface area contributed by atoms with Crippen molar-refractivity contribution in [2.24, 2.45) is 0 Å². The molecule has 2 fully saturated rings. The average Bonchev–Trinajstić information content (AvgIpc) is 3.75. The van der Waals surface area contributed by atoms with Crippen LogP contribution in [0, 0.1) is 0 Å². The molecule has 2 aliphatic rings. The molecule has 0 radical (unpaired) electrons. The third-order valence-electron chi connectivity index (χ3n) is 8.56. The van der Waals surface area contributed by atoms with Crippen LogP contribution in [-0.2, 0) is 14.3 Å². The summed E-state index contributed by atoms with van der Waals surface area (Å²) in [5, 5.41) is 5.65. The zero-order chi connectivity index (χ0) is 31.5. The van der Waals surface area contributed by atoms with Crippen LogP contribution in [0.4, 0.5) is 16.4 Å². The summed E-state index contributed by atoms with van der Waals surface area (Å²) < 4.78 is 19.6. The molecule has 2 aromatic heterocycles. The van der Waals surface area contributed by atoms with Crippen LogP contribution in [0.15, 0.2) is 69.9 Å². The van der Waals surface area contributed by atoms with Gasteiger partial charge in [0.05, 0.1) is 18.6 Å². The van der Waals surface area contributed by atoms with Crippen molar-refractivity contribution in [3.63, 3.8) is 0 Å². The Morgan fingerprint density at radius 1 is 0.956 bits per heavy atom. The second-order valence-corrected chi connectivity index (χ2v) is 13.8. The number of thiophene rings is 1. The normalized spacial score (nSPS) is 16.2. The molecule has 0 spiro atoms. The minimum Gasteiger partial charge on any atom is -0.444 e. The van der Waals surface area contributed by atoms with Gasteiger partial charge in [0.15, 0.2) is 11.3 Å². The predicted molar refractivity (Wildman–Crippen MR) is 178 cm³/mol. The molecule has 9 nitrogen and oxygen atoms in total. The largest absolute Gasteiger partial charge is 0.444 e. The van der Waals surface area contributed by atoms with Gasteiger partial charge in [-0.2, -0.15) is 0 Å². The first-order valence-electron chi connectivity index (χ1n) is 15.2. The lowest BCUT2D eigenvalue weighted by molar-refractivity contribution is -0.122. The summed E-state index contributed by atoms with van der Waals surface area (Å²) in [5.74, 6) is 0.329. The van der Waals surface area contributed by atoms with Crippen LogP contribution in [0.25, 0.3) is 42.3 Å². The highest BCUT2D eigenvalue weighted by atomic mass is 32.1. The lowest BCUT2D eigenvalue weighted by Gasteiger charge is -2.30. The SMILES string of the molecule is CN(C(=O)OC(C)(C)C)C1(C(=O)Nc2ccc3sc4c(-c5cccc6c(=O)cc(N7CCOCC7)oc56)cccc4c3c2)CC1. The Bertz CT molecular complexity index is 2030. The Balaban J connectivity index is 1.24. The van der Waals surface area contributed by atoms with Crippen molar-refractivity contribution in [2.45, 2.75) is 44.8 Å². The van der Waals surface area contributed by atoms with E-state index < -0.39 is 17.2 Å². The minimum atomic E-state index is -0.917. The van der Waals surface area contributed by atoms with Gasteiger partial charge in [0, 0.05) is 63.2 Å². The number of amides is 2. The van der Waals surface area contributed by atoms with Crippen LogP contribution in [0.5, 0.6) is 0 Å². The van der Waals surface area contributed by atoms with Crippen molar-refractivity contribution in [1.29, 1.82) is 0 Å². The molecule has 2 amide bonds. The minimum absolute atomic E-state index is 0.0748. The van der Waals surface area contributed by atoms with Crippen LogP contribution in [0.1, 0.15) is 33.6 Å². The fourth-order valence-electron chi connectivity index (χ4n) is 5.99. The van der Waals surface area contributed by atoms with Crippen molar-refractivity contribution in [3.8, 4) is 11.1 Å². The van der Waals surface area contributed by atoms with E-state index in [9.17, 15) is 14.4 Å². The van der Waals surface area contributed by atoms with E-state index in [0.717, 1.165) is 31.3 Å². The topological polar surface area (TPSA) is 101 Å². The summed E-state index contributed by atoms with van der Waals surface area (Å²) >= 11 is 1.66. The molecule has 0 atom stereocenters. The van der Waals surface area contributed by atoms with Crippen LogP contribution >= 0.6 is 11.3 Å². The first-order valence-corrected chi connectivity index (χ1v) is 16.0. The number of rotatable bonds is 5. The number of nitrogens with one attached hydrogen (secondary N) is 1. The summed E-state index contributed by atoms with van der Waals surface area (Å²) in [6.45, 7) is 7.94. The second kappa shape index (κ2) is 10.9. The van der Waals surface area contributed by atoms with Crippen molar-refractivity contribution in [2.75, 3.05) is 43.6 Å². The first-order chi connectivity index (χ1) is 21.5. The van der Waals surface area contributed by atoms with E-state index in [1.165, 1.54) is 4.90 Å². The molecule has 3 aromatic carbocycles. The summed E-state index contributed by atoms with van der Waals surface area (Å²) in [7, 11) is 1.62. The van der Waals surface area contributed by atoms with Crippen LogP contribution in [0.2, 0.25) is 0 Å². The van der Waals surface area contributed by atoms with Gasteiger partial charge in [-0.05, 0) is 57.9 Å². The maximum atomic E-state index is 13.5. The van der Waals surface area contributed by atoms with Crippen LogP contribution in [-0.4, -0.2) is 61.4 Å². The lowest BCUT2D eigenvalue weighted by atomic mass is 10.0. The number of para-hydroxylation sites is 1. The van der Waals surface area contributed by atoms with Gasteiger partial charge < -0.3 is 24.1 Å². The van der Waals surface area contributed by atoms with Gasteiger partial charge in [-0.1, -0.05) is 30.3 Å². The zero-order valence-corrected chi connectivity index (χ0v) is 26.6. The molecular weight excluding hydrogens is 590 g/mol. The average molecular weight is 626 g/mol. The molecule has 232 valence electrons. The molecule has 10 heteroatoms. The van der Waals surface area contributed by atoms with Gasteiger partial charge in [0.2, 0.25) is 5.91 Å². The number of likely N-dealkylation sites (N-methyl/N-ethyl adjacent to an activating group) is 1. The van der Waals surface area contributed by atoms with Crippen molar-refractivity contribution in [1.82, 2.24) is 4.90 Å². The summed E-state index contributed by atoms with van der Waals surface area (Å²) in [5.41, 5.74) is 1.41. The Labute approximate surface area is 264 Å². The molecule has 7 rings (SSSR count). The van der Waals surface area contributed by atoms with E-state index in [4.69, 9.17) is 13.9 Å². The van der Waals surface area contributed by atoms with E-state index in [0.29, 0.717) is 61.7 Å². The maximum absolute atomic E-state index is 13.5. The standard InChI is InChI=1S/C35H35N3O6S/c1-34(2,3)44-33(41)37(4)35(13-14-35)32(40)36-21-11-12-28-26(19-21)24-9-6-8-23(31(24)45-28)22-7-5-10-25-27(39)20-29(43-30(22)25)38-15-17-42-18-16-38/h5-12,19-20H,13-18H2,1-4H3,(H,36,40). The van der Waals surface area contributed by atoms with Crippen molar-refractivity contribution in [3.05, 3.63) is 70.9 Å². The number of morpholine rings is 1. The second-order valence-electron chi connectivity index (χ2n) is 12.8. The Kier molecular flexibility index (Phi) is 7.09. The number of carbonyl (C=O) groups is 2. The molecule has 5 aromatic rings. The summed E-state index contributed by atoms with van der Waals surface area (Å²) in [4.78, 5) is 42.9. The molecule has 1 saturated carbocycles. The lowest BCUT2D eigenvalue weighted by Crippen LogP contribution is -2.49. The van der Waals surface area contributed by atoms with Gasteiger partial charge >= 0.3 is 6.09 Å². The summed E-state index contributed by atoms with van der Waals surface area (Å²) in [6, 6.07) is 19.3. The molecule has 1 N–H and O–H groups in total. The number of nitrogens with zero attached hydrogens (tertiary/aromatic N) is 2. The molecule has 3 heterocycles. The molecule has 1 saturated heterocycles. The highest BCUT2D eigenvalue weighted by molar-refractivity contribution is 7.26. The fourth-order valence-corrected chi connectivity index (χ4v) is 7.20. The third kappa shape index (κ3) is 5.32. The third-order valence-corrected chi connectivity index (χ3v) is 9.78. The van der Waals surface area contributed by atoms with Gasteiger partial charge in [-0.3, -0.25) is 14.5 Å². The number of hydrogen-bond donors (Lipinski definition) is 1. The van der Waals surface area contributed by atoms with Gasteiger partial charge in [0.1, 0.15) is 16.7 Å². The van der Waals surface area contributed by atoms with Crippen molar-refractivity contribution >= 4 is 66.1 Å². The molecule has 0 bridgehead atoms. The van der Waals surface area contributed by atoms with Gasteiger partial charge in [-0.15, -0.1) is 11.3 Å². The Morgan fingerprint density at radius 3 is 2.38 bits per heavy atom. The number of ether oxygens (including phenoxy) is 2. The van der Waals surface area contributed by atoms with E-state index >= 15 is 0 Å². The Hall–Kier alpha value is -4.41. The number of carbonyl (C=O) groups excluding carboxylic acids is 2. The molecular formula is C35H35N3O6S. The molecule has 1 aliphatic heterocycles. The van der Waals surface area contributed by atoms with E-state index in [1.807, 2.05) is 62.1 Å². The predicted octanol–water partition coefficient (Wildman–Crippen LogP) is 7.00. The zero-order valence-electron chi connectivity index (χ0n) is 25.8. The van der Waals surface area contributed by atoms with Crippen LogP contribution in [0.3, 0.4) is 0 Å². The van der Waals surface area contributed by atoms with Crippen molar-refractivity contribution < 1.29 is 23.5 Å². The van der Waals surface area contributed by atoms with E-state index in [-0.39, 0.29) is 11.3 Å². The number of hydrogen-bond acceptors (Lipinski definition) is 8. The number of fused-ring (bicyclic) bond motifs is 4. The molecule has 45 heavy (non-hydrogen) atoms. The fraction of sp³-hybridized carbons (Fsp3) is 0.343. The molecule has 1 aliphatic carbocycles. The van der Waals surface area contributed by atoms with Gasteiger partial charge in [0.25, 0.3) is 0 Å².